The summed E-state index contributed by atoms with van der Waals surface area (Å²) in [6.07, 6.45) is 5.78. The molecule has 0 amide bonds. The second-order valence-corrected chi connectivity index (χ2v) is 5.50. The van der Waals surface area contributed by atoms with E-state index in [-0.39, 0.29) is 5.69 Å². The van der Waals surface area contributed by atoms with Crippen LogP contribution in [0.3, 0.4) is 0 Å². The Bertz CT molecular complexity index is 1020. The number of nitrogens with one attached hydrogen (secondary N) is 1. The predicted molar refractivity (Wildman–Crippen MR) is 89.7 cm³/mol. The number of imidazole rings is 1. The molecule has 0 saturated carbocycles. The lowest BCUT2D eigenvalue weighted by Crippen LogP contribution is -1.93. The third-order valence-corrected chi connectivity index (χ3v) is 3.91. The van der Waals surface area contributed by atoms with E-state index in [1.54, 1.807) is 30.8 Å². The third-order valence-electron chi connectivity index (χ3n) is 3.91. The van der Waals surface area contributed by atoms with Crippen molar-refractivity contribution < 1.29 is 9.34 Å². The normalized spacial score (nSPS) is 11.0. The molecule has 2 aromatic heterocycles. The minimum absolute atomic E-state index is 0.0589. The van der Waals surface area contributed by atoms with E-state index in [0.717, 1.165) is 33.5 Å². The SMILES string of the molecule is O=[N+]([O-])c1cccc(-c2cc(Cc3ncc[nH]3)cc3ccoc23)c1. The van der Waals surface area contributed by atoms with E-state index in [9.17, 15) is 10.1 Å². The third kappa shape index (κ3) is 2.54. The van der Waals surface area contributed by atoms with E-state index in [0.29, 0.717) is 6.42 Å². The lowest BCUT2D eigenvalue weighted by Gasteiger charge is -2.07. The lowest BCUT2D eigenvalue weighted by molar-refractivity contribution is -0.384. The van der Waals surface area contributed by atoms with Crippen molar-refractivity contribution in [1.29, 1.82) is 0 Å². The number of nitro benzene ring substituents is 1. The Kier molecular flexibility index (Phi) is 3.35. The van der Waals surface area contributed by atoms with Crippen LogP contribution in [0.1, 0.15) is 11.4 Å². The van der Waals surface area contributed by atoms with Crippen molar-refractivity contribution in [3.05, 3.63) is 82.6 Å². The molecule has 4 aromatic rings. The number of hydrogen-bond acceptors (Lipinski definition) is 4. The van der Waals surface area contributed by atoms with Gasteiger partial charge in [0.1, 0.15) is 11.4 Å². The Morgan fingerprint density at radius 1 is 1.21 bits per heavy atom. The molecule has 0 fully saturated rings. The number of H-pyrrole nitrogens is 1. The molecule has 0 atom stereocenters. The van der Waals surface area contributed by atoms with E-state index >= 15 is 0 Å². The molecule has 4 rings (SSSR count). The summed E-state index contributed by atoms with van der Waals surface area (Å²) >= 11 is 0. The average molecular weight is 319 g/mol. The summed E-state index contributed by atoms with van der Waals surface area (Å²) in [7, 11) is 0. The first-order valence-corrected chi connectivity index (χ1v) is 7.44. The largest absolute Gasteiger partial charge is 0.464 e. The van der Waals surface area contributed by atoms with Gasteiger partial charge in [0.25, 0.3) is 5.69 Å². The summed E-state index contributed by atoms with van der Waals surface area (Å²) in [5.74, 6) is 0.864. The molecular formula is C18H13N3O3. The fraction of sp³-hybridized carbons (Fsp3) is 0.0556. The lowest BCUT2D eigenvalue weighted by atomic mass is 9.98. The van der Waals surface area contributed by atoms with E-state index in [1.165, 1.54) is 6.07 Å². The van der Waals surface area contributed by atoms with Crippen LogP contribution in [-0.2, 0) is 6.42 Å². The van der Waals surface area contributed by atoms with Gasteiger partial charge in [-0.2, -0.15) is 0 Å². The summed E-state index contributed by atoms with van der Waals surface area (Å²) in [6.45, 7) is 0. The number of non-ortho nitro benzene ring substituents is 1. The minimum atomic E-state index is -0.393. The van der Waals surface area contributed by atoms with Crippen molar-refractivity contribution in [2.75, 3.05) is 0 Å². The molecule has 0 radical (unpaired) electrons. The molecule has 6 heteroatoms. The number of aromatic amines is 1. The van der Waals surface area contributed by atoms with Gasteiger partial charge in [0, 0.05) is 41.9 Å². The molecule has 24 heavy (non-hydrogen) atoms. The van der Waals surface area contributed by atoms with Crippen LogP contribution in [0.15, 0.2) is 65.5 Å². The molecule has 2 aromatic carbocycles. The highest BCUT2D eigenvalue weighted by Gasteiger charge is 2.13. The van der Waals surface area contributed by atoms with E-state index < -0.39 is 4.92 Å². The van der Waals surface area contributed by atoms with Gasteiger partial charge in [-0.05, 0) is 29.3 Å². The number of benzene rings is 2. The molecule has 0 aliphatic carbocycles. The van der Waals surface area contributed by atoms with Crippen molar-refractivity contribution in [2.24, 2.45) is 0 Å². The smallest absolute Gasteiger partial charge is 0.270 e. The summed E-state index contributed by atoms with van der Waals surface area (Å²) in [5, 5.41) is 12.0. The van der Waals surface area contributed by atoms with E-state index in [1.807, 2.05) is 24.3 Å². The number of hydrogen-bond donors (Lipinski definition) is 1. The van der Waals surface area contributed by atoms with Crippen molar-refractivity contribution >= 4 is 16.7 Å². The van der Waals surface area contributed by atoms with Gasteiger partial charge in [-0.15, -0.1) is 0 Å². The van der Waals surface area contributed by atoms with Gasteiger partial charge in [-0.1, -0.05) is 12.1 Å². The summed E-state index contributed by atoms with van der Waals surface area (Å²) in [5.41, 5.74) is 3.43. The Morgan fingerprint density at radius 3 is 2.92 bits per heavy atom. The Labute approximate surface area is 136 Å². The fourth-order valence-electron chi connectivity index (χ4n) is 2.84. The van der Waals surface area contributed by atoms with Crippen LogP contribution in [0.2, 0.25) is 0 Å². The molecule has 0 aliphatic heterocycles. The number of rotatable bonds is 4. The van der Waals surface area contributed by atoms with E-state index in [2.05, 4.69) is 9.97 Å². The zero-order chi connectivity index (χ0) is 16.5. The zero-order valence-corrected chi connectivity index (χ0v) is 12.6. The number of aromatic nitrogens is 2. The first-order chi connectivity index (χ1) is 11.7. The molecule has 0 spiro atoms. The van der Waals surface area contributed by atoms with Crippen molar-refractivity contribution in [2.45, 2.75) is 6.42 Å². The topological polar surface area (TPSA) is 85.0 Å². The Hall–Kier alpha value is -3.41. The molecular weight excluding hydrogens is 306 g/mol. The highest BCUT2D eigenvalue weighted by Crippen LogP contribution is 2.33. The molecule has 0 unspecified atom stereocenters. The highest BCUT2D eigenvalue weighted by atomic mass is 16.6. The average Bonchev–Trinajstić information content (AvgIpc) is 3.25. The van der Waals surface area contributed by atoms with Gasteiger partial charge >= 0.3 is 0 Å². The predicted octanol–water partition coefficient (Wildman–Crippen LogP) is 4.32. The minimum Gasteiger partial charge on any atom is -0.464 e. The second kappa shape index (κ2) is 5.66. The highest BCUT2D eigenvalue weighted by molar-refractivity contribution is 5.93. The number of nitrogens with zero attached hydrogens (tertiary/aromatic N) is 2. The van der Waals surface area contributed by atoms with Gasteiger partial charge in [0.05, 0.1) is 11.2 Å². The molecule has 1 N–H and O–H groups in total. The second-order valence-electron chi connectivity index (χ2n) is 5.50. The van der Waals surface area contributed by atoms with Crippen LogP contribution in [0.5, 0.6) is 0 Å². The van der Waals surface area contributed by atoms with Crippen LogP contribution in [-0.4, -0.2) is 14.9 Å². The van der Waals surface area contributed by atoms with E-state index in [4.69, 9.17) is 4.42 Å². The molecule has 118 valence electrons. The van der Waals surface area contributed by atoms with Crippen LogP contribution in [0.25, 0.3) is 22.1 Å². The first-order valence-electron chi connectivity index (χ1n) is 7.44. The molecule has 2 heterocycles. The molecule has 0 bridgehead atoms. The molecule has 0 aliphatic rings. The zero-order valence-electron chi connectivity index (χ0n) is 12.6. The maximum absolute atomic E-state index is 11.0. The maximum Gasteiger partial charge on any atom is 0.270 e. The molecule has 0 saturated heterocycles. The van der Waals surface area contributed by atoms with Gasteiger partial charge in [0.2, 0.25) is 0 Å². The number of furan rings is 1. The van der Waals surface area contributed by atoms with Crippen LogP contribution in [0, 0.1) is 10.1 Å². The van der Waals surface area contributed by atoms with Crippen molar-refractivity contribution in [3.63, 3.8) is 0 Å². The molecule has 6 nitrogen and oxygen atoms in total. The Balaban J connectivity index is 1.86. The van der Waals surface area contributed by atoms with Gasteiger partial charge in [0.15, 0.2) is 0 Å². The maximum atomic E-state index is 11.0. The van der Waals surface area contributed by atoms with Crippen LogP contribution >= 0.6 is 0 Å². The van der Waals surface area contributed by atoms with Crippen molar-refractivity contribution in [1.82, 2.24) is 9.97 Å². The van der Waals surface area contributed by atoms with Gasteiger partial charge < -0.3 is 9.40 Å². The number of fused-ring (bicyclic) bond motifs is 1. The Morgan fingerprint density at radius 2 is 2.12 bits per heavy atom. The van der Waals surface area contributed by atoms with Crippen molar-refractivity contribution in [3.8, 4) is 11.1 Å². The van der Waals surface area contributed by atoms with Gasteiger partial charge in [-0.3, -0.25) is 10.1 Å². The summed E-state index contributed by atoms with van der Waals surface area (Å²) in [6, 6.07) is 12.5. The monoisotopic (exact) mass is 319 g/mol. The first kappa shape index (κ1) is 14.2. The summed E-state index contributed by atoms with van der Waals surface area (Å²) < 4.78 is 5.60. The summed E-state index contributed by atoms with van der Waals surface area (Å²) in [4.78, 5) is 18.0. The quantitative estimate of drug-likeness (QED) is 0.448. The standard InChI is InChI=1S/C18H13N3O3/c22-21(23)15-3-1-2-13(11-15)16-9-12(10-17-19-5-6-20-17)8-14-4-7-24-18(14)16/h1-9,11H,10H2,(H,19,20). The van der Waals surface area contributed by atoms with Gasteiger partial charge in [-0.25, -0.2) is 4.98 Å². The van der Waals surface area contributed by atoms with Crippen LogP contribution < -0.4 is 0 Å². The fourth-order valence-corrected chi connectivity index (χ4v) is 2.84. The number of nitro groups is 1. The van der Waals surface area contributed by atoms with Crippen LogP contribution in [0.4, 0.5) is 5.69 Å².